The van der Waals surface area contributed by atoms with E-state index in [1.54, 1.807) is 0 Å². The number of hydrogen-bond donors (Lipinski definition) is 1. The summed E-state index contributed by atoms with van der Waals surface area (Å²) in [4.78, 5) is 11.9. The zero-order valence-corrected chi connectivity index (χ0v) is 11.9. The topological polar surface area (TPSA) is 47.6 Å². The molecule has 104 valence electrons. The van der Waals surface area contributed by atoms with Crippen LogP contribution in [0.5, 0.6) is 0 Å². The van der Waals surface area contributed by atoms with E-state index in [9.17, 15) is 4.79 Å². The minimum atomic E-state index is -0.498. The molecule has 2 rings (SSSR count). The molecule has 1 N–H and O–H groups in total. The van der Waals surface area contributed by atoms with E-state index in [-0.39, 0.29) is 12.1 Å². The van der Waals surface area contributed by atoms with Crippen LogP contribution in [0.2, 0.25) is 0 Å². The van der Waals surface area contributed by atoms with Crippen LogP contribution in [-0.2, 0) is 16.1 Å². The van der Waals surface area contributed by atoms with E-state index >= 15 is 0 Å². The summed E-state index contributed by atoms with van der Waals surface area (Å²) in [7, 11) is 0. The van der Waals surface area contributed by atoms with E-state index in [1.807, 2.05) is 52.0 Å². The number of carbonyl (C=O) groups excluding carboxylic acids is 1. The minimum absolute atomic E-state index is 0.0672. The Morgan fingerprint density at radius 2 is 2.05 bits per heavy atom. The van der Waals surface area contributed by atoms with E-state index in [0.717, 1.165) is 11.1 Å². The van der Waals surface area contributed by atoms with Gasteiger partial charge in [0.1, 0.15) is 5.60 Å². The van der Waals surface area contributed by atoms with E-state index in [4.69, 9.17) is 9.47 Å². The second kappa shape index (κ2) is 5.21. The zero-order chi connectivity index (χ0) is 14.0. The molecule has 1 aromatic carbocycles. The standard InChI is InChI=1S/C15H21NO3/c1-10-13(16-14(17)19-15(2,3)4)12-8-6-5-7-11(12)9-18-10/h5-8,10,13H,9H2,1-4H3,(H,16,17). The average molecular weight is 263 g/mol. The van der Waals surface area contributed by atoms with Crippen LogP contribution in [0.3, 0.4) is 0 Å². The number of amides is 1. The maximum atomic E-state index is 11.9. The minimum Gasteiger partial charge on any atom is -0.444 e. The Labute approximate surface area is 114 Å². The molecule has 1 aliphatic rings. The third-order valence-electron chi connectivity index (χ3n) is 3.03. The number of alkyl carbamates (subject to hydrolysis) is 1. The molecule has 0 saturated carbocycles. The number of carbonyl (C=O) groups is 1. The third-order valence-corrected chi connectivity index (χ3v) is 3.03. The van der Waals surface area contributed by atoms with Gasteiger partial charge in [-0.05, 0) is 38.8 Å². The molecule has 2 atom stereocenters. The lowest BCUT2D eigenvalue weighted by Crippen LogP contribution is -2.41. The lowest BCUT2D eigenvalue weighted by Gasteiger charge is -2.32. The molecule has 0 aliphatic carbocycles. The molecule has 0 aromatic heterocycles. The van der Waals surface area contributed by atoms with Crippen LogP contribution in [-0.4, -0.2) is 17.8 Å². The maximum absolute atomic E-state index is 11.9. The monoisotopic (exact) mass is 263 g/mol. The van der Waals surface area contributed by atoms with Gasteiger partial charge in [-0.3, -0.25) is 0 Å². The molecule has 0 saturated heterocycles. The van der Waals surface area contributed by atoms with Gasteiger partial charge >= 0.3 is 6.09 Å². The van der Waals surface area contributed by atoms with Crippen LogP contribution < -0.4 is 5.32 Å². The molecule has 1 heterocycles. The SMILES string of the molecule is CC1OCc2ccccc2C1NC(=O)OC(C)(C)C. The zero-order valence-electron chi connectivity index (χ0n) is 11.9. The van der Waals surface area contributed by atoms with Gasteiger partial charge in [-0.25, -0.2) is 4.79 Å². The molecule has 2 unspecified atom stereocenters. The van der Waals surface area contributed by atoms with Crippen molar-refractivity contribution in [1.29, 1.82) is 0 Å². The first-order valence-electron chi connectivity index (χ1n) is 6.56. The number of ether oxygens (including phenoxy) is 2. The van der Waals surface area contributed by atoms with Crippen molar-refractivity contribution < 1.29 is 14.3 Å². The Hall–Kier alpha value is -1.55. The van der Waals surface area contributed by atoms with Crippen molar-refractivity contribution in [3.8, 4) is 0 Å². The first-order valence-corrected chi connectivity index (χ1v) is 6.56. The van der Waals surface area contributed by atoms with Gasteiger partial charge in [0.25, 0.3) is 0 Å². The van der Waals surface area contributed by atoms with Crippen LogP contribution in [0.25, 0.3) is 0 Å². The van der Waals surface area contributed by atoms with Crippen molar-refractivity contribution >= 4 is 6.09 Å². The van der Waals surface area contributed by atoms with Crippen LogP contribution in [0.4, 0.5) is 4.79 Å². The van der Waals surface area contributed by atoms with Crippen LogP contribution in [0.1, 0.15) is 44.9 Å². The molecule has 0 radical (unpaired) electrons. The van der Waals surface area contributed by atoms with Crippen molar-refractivity contribution in [2.75, 3.05) is 0 Å². The molecule has 19 heavy (non-hydrogen) atoms. The van der Waals surface area contributed by atoms with Gasteiger partial charge in [-0.15, -0.1) is 0 Å². The van der Waals surface area contributed by atoms with Crippen LogP contribution in [0.15, 0.2) is 24.3 Å². The molecule has 0 spiro atoms. The molecule has 1 aliphatic heterocycles. The van der Waals surface area contributed by atoms with Gasteiger partial charge < -0.3 is 14.8 Å². The third kappa shape index (κ3) is 3.47. The lowest BCUT2D eigenvalue weighted by molar-refractivity contribution is 0.00255. The molecule has 4 nitrogen and oxygen atoms in total. The van der Waals surface area contributed by atoms with Crippen molar-refractivity contribution in [3.05, 3.63) is 35.4 Å². The first-order chi connectivity index (χ1) is 8.87. The van der Waals surface area contributed by atoms with Gasteiger partial charge in [0.05, 0.1) is 18.8 Å². The molecular weight excluding hydrogens is 242 g/mol. The van der Waals surface area contributed by atoms with Crippen molar-refractivity contribution in [2.24, 2.45) is 0 Å². The van der Waals surface area contributed by atoms with Gasteiger partial charge in [-0.1, -0.05) is 24.3 Å². The smallest absolute Gasteiger partial charge is 0.408 e. The largest absolute Gasteiger partial charge is 0.444 e. The number of hydrogen-bond acceptors (Lipinski definition) is 3. The normalized spacial score (nSPS) is 22.5. The Morgan fingerprint density at radius 3 is 2.74 bits per heavy atom. The van der Waals surface area contributed by atoms with Crippen molar-refractivity contribution in [1.82, 2.24) is 5.32 Å². The summed E-state index contributed by atoms with van der Waals surface area (Å²) < 4.78 is 11.0. The Kier molecular flexibility index (Phi) is 3.80. The highest BCUT2D eigenvalue weighted by Crippen LogP contribution is 2.29. The van der Waals surface area contributed by atoms with E-state index in [1.165, 1.54) is 0 Å². The summed E-state index contributed by atoms with van der Waals surface area (Å²) in [6.45, 7) is 8.09. The number of nitrogens with one attached hydrogen (secondary N) is 1. The summed E-state index contributed by atoms with van der Waals surface area (Å²) in [6, 6.07) is 7.82. The highest BCUT2D eigenvalue weighted by atomic mass is 16.6. The van der Waals surface area contributed by atoms with Gasteiger partial charge in [0, 0.05) is 0 Å². The predicted molar refractivity (Wildman–Crippen MR) is 72.8 cm³/mol. The molecule has 4 heteroatoms. The highest BCUT2D eigenvalue weighted by Gasteiger charge is 2.29. The molecule has 0 fully saturated rings. The quantitative estimate of drug-likeness (QED) is 0.846. The Bertz CT molecular complexity index is 465. The fourth-order valence-corrected chi connectivity index (χ4v) is 2.17. The summed E-state index contributed by atoms with van der Waals surface area (Å²) in [5.74, 6) is 0. The van der Waals surface area contributed by atoms with Crippen molar-refractivity contribution in [3.63, 3.8) is 0 Å². The van der Waals surface area contributed by atoms with E-state index < -0.39 is 11.7 Å². The second-order valence-electron chi connectivity index (χ2n) is 5.84. The van der Waals surface area contributed by atoms with Crippen molar-refractivity contribution in [2.45, 2.75) is 52.0 Å². The lowest BCUT2D eigenvalue weighted by atomic mass is 9.95. The maximum Gasteiger partial charge on any atom is 0.408 e. The van der Waals surface area contributed by atoms with E-state index in [0.29, 0.717) is 6.61 Å². The Balaban J connectivity index is 2.13. The highest BCUT2D eigenvalue weighted by molar-refractivity contribution is 5.68. The first kappa shape index (κ1) is 13.9. The summed E-state index contributed by atoms with van der Waals surface area (Å²) in [5, 5.41) is 2.90. The molecule has 1 amide bonds. The average Bonchev–Trinajstić information content (AvgIpc) is 2.31. The number of fused-ring (bicyclic) bond motifs is 1. The van der Waals surface area contributed by atoms with E-state index in [2.05, 4.69) is 5.32 Å². The molecule has 1 aromatic rings. The van der Waals surface area contributed by atoms with Crippen LogP contribution in [0, 0.1) is 0 Å². The fraction of sp³-hybridized carbons (Fsp3) is 0.533. The van der Waals surface area contributed by atoms with Crippen LogP contribution >= 0.6 is 0 Å². The second-order valence-corrected chi connectivity index (χ2v) is 5.84. The fourth-order valence-electron chi connectivity index (χ4n) is 2.17. The predicted octanol–water partition coefficient (Wildman–Crippen LogP) is 3.17. The van der Waals surface area contributed by atoms with Gasteiger partial charge in [0.2, 0.25) is 0 Å². The Morgan fingerprint density at radius 1 is 1.37 bits per heavy atom. The number of benzene rings is 1. The molecular formula is C15H21NO3. The summed E-state index contributed by atoms with van der Waals surface area (Å²) in [5.41, 5.74) is 1.72. The molecule has 0 bridgehead atoms. The summed E-state index contributed by atoms with van der Waals surface area (Å²) >= 11 is 0. The number of rotatable bonds is 1. The van der Waals surface area contributed by atoms with Gasteiger partial charge in [0.15, 0.2) is 0 Å². The van der Waals surface area contributed by atoms with Gasteiger partial charge in [-0.2, -0.15) is 0 Å². The summed E-state index contributed by atoms with van der Waals surface area (Å²) in [6.07, 6.45) is -0.480.